The van der Waals surface area contributed by atoms with Crippen LogP contribution in [0.15, 0.2) is 18.2 Å². The van der Waals surface area contributed by atoms with Crippen LogP contribution in [0.2, 0.25) is 0 Å². The van der Waals surface area contributed by atoms with Crippen LogP contribution in [0.3, 0.4) is 0 Å². The van der Waals surface area contributed by atoms with Crippen LogP contribution in [-0.4, -0.2) is 70.1 Å². The van der Waals surface area contributed by atoms with E-state index in [-0.39, 0.29) is 12.2 Å². The number of hydrogen-bond acceptors (Lipinski definition) is 5. The van der Waals surface area contributed by atoms with Crippen LogP contribution in [0.1, 0.15) is 5.56 Å². The van der Waals surface area contributed by atoms with Gasteiger partial charge in [0, 0.05) is 40.9 Å². The zero-order chi connectivity index (χ0) is 17.2. The first-order valence-corrected chi connectivity index (χ1v) is 7.39. The van der Waals surface area contributed by atoms with Crippen molar-refractivity contribution in [1.29, 1.82) is 0 Å². The summed E-state index contributed by atoms with van der Waals surface area (Å²) < 4.78 is 24.1. The molecule has 6 nitrogen and oxygen atoms in total. The molecule has 0 bridgehead atoms. The molecule has 0 spiro atoms. The number of carboxylic acids is 1. The van der Waals surface area contributed by atoms with Gasteiger partial charge in [-0.1, -0.05) is 6.07 Å². The highest BCUT2D eigenvalue weighted by Gasteiger charge is 2.13. The number of hydrogen-bond donors (Lipinski definition) is 1. The second-order valence-corrected chi connectivity index (χ2v) is 5.30. The minimum absolute atomic E-state index is 0.253. The SMILES string of the molecule is COCCN(CCOC)Cc1ccc(F)c(N(C)CC(=O)O)c1. The Labute approximate surface area is 136 Å². The maximum absolute atomic E-state index is 13.9. The van der Waals surface area contributed by atoms with Crippen LogP contribution >= 0.6 is 0 Å². The van der Waals surface area contributed by atoms with Crippen LogP contribution in [0, 0.1) is 5.82 Å². The van der Waals surface area contributed by atoms with Crippen LogP contribution in [0.25, 0.3) is 0 Å². The molecule has 0 unspecified atom stereocenters. The van der Waals surface area contributed by atoms with Gasteiger partial charge in [-0.2, -0.15) is 0 Å². The minimum Gasteiger partial charge on any atom is -0.480 e. The van der Waals surface area contributed by atoms with Gasteiger partial charge in [0.05, 0.1) is 18.9 Å². The summed E-state index contributed by atoms with van der Waals surface area (Å²) >= 11 is 0. The molecule has 0 atom stereocenters. The van der Waals surface area contributed by atoms with Crippen molar-refractivity contribution in [2.24, 2.45) is 0 Å². The molecule has 0 saturated carbocycles. The number of carbonyl (C=O) groups is 1. The number of aliphatic carboxylic acids is 1. The van der Waals surface area contributed by atoms with E-state index in [4.69, 9.17) is 14.6 Å². The molecule has 0 aliphatic carbocycles. The Balaban J connectivity index is 2.83. The van der Waals surface area contributed by atoms with Crippen molar-refractivity contribution in [2.45, 2.75) is 6.54 Å². The number of carboxylic acid groups (broad SMARTS) is 1. The maximum atomic E-state index is 13.9. The van der Waals surface area contributed by atoms with E-state index in [2.05, 4.69) is 4.90 Å². The largest absolute Gasteiger partial charge is 0.480 e. The van der Waals surface area contributed by atoms with Crippen molar-refractivity contribution in [3.63, 3.8) is 0 Å². The summed E-state index contributed by atoms with van der Waals surface area (Å²) in [5, 5.41) is 8.84. The molecule has 0 fully saturated rings. The lowest BCUT2D eigenvalue weighted by atomic mass is 10.1. The lowest BCUT2D eigenvalue weighted by Gasteiger charge is -2.23. The molecule has 7 heteroatoms. The second kappa shape index (κ2) is 10.1. The van der Waals surface area contributed by atoms with E-state index in [9.17, 15) is 9.18 Å². The highest BCUT2D eigenvalue weighted by atomic mass is 19.1. The van der Waals surface area contributed by atoms with Crippen molar-refractivity contribution in [3.05, 3.63) is 29.6 Å². The van der Waals surface area contributed by atoms with E-state index in [1.165, 1.54) is 11.0 Å². The molecular formula is C16H25FN2O4. The number of nitrogens with zero attached hydrogens (tertiary/aromatic N) is 2. The third kappa shape index (κ3) is 6.94. The zero-order valence-corrected chi connectivity index (χ0v) is 13.9. The average molecular weight is 328 g/mol. The van der Waals surface area contributed by atoms with Crippen molar-refractivity contribution >= 4 is 11.7 Å². The normalized spacial score (nSPS) is 11.0. The summed E-state index contributed by atoms with van der Waals surface area (Å²) in [5.74, 6) is -1.43. The fourth-order valence-corrected chi connectivity index (χ4v) is 2.21. The first kappa shape index (κ1) is 19.3. The summed E-state index contributed by atoms with van der Waals surface area (Å²) in [5.41, 5.74) is 1.19. The predicted molar refractivity (Wildman–Crippen MR) is 86.3 cm³/mol. The molecule has 23 heavy (non-hydrogen) atoms. The Morgan fingerprint density at radius 2 is 1.83 bits per heavy atom. The smallest absolute Gasteiger partial charge is 0.323 e. The van der Waals surface area contributed by atoms with E-state index >= 15 is 0 Å². The van der Waals surface area contributed by atoms with E-state index in [1.54, 1.807) is 33.4 Å². The first-order valence-electron chi connectivity index (χ1n) is 7.39. The molecule has 0 aliphatic heterocycles. The summed E-state index contributed by atoms with van der Waals surface area (Å²) in [6.07, 6.45) is 0. The monoisotopic (exact) mass is 328 g/mol. The Morgan fingerprint density at radius 3 is 2.35 bits per heavy atom. The first-order chi connectivity index (χ1) is 11.0. The lowest BCUT2D eigenvalue weighted by Crippen LogP contribution is -2.30. The molecule has 1 N–H and O–H groups in total. The van der Waals surface area contributed by atoms with Crippen molar-refractivity contribution in [1.82, 2.24) is 4.90 Å². The molecule has 1 aromatic carbocycles. The Kier molecular flexibility index (Phi) is 8.53. The Hall–Kier alpha value is -1.70. The van der Waals surface area contributed by atoms with Gasteiger partial charge >= 0.3 is 5.97 Å². The Bertz CT molecular complexity index is 491. The van der Waals surface area contributed by atoms with Gasteiger partial charge in [0.2, 0.25) is 0 Å². The van der Waals surface area contributed by atoms with Crippen LogP contribution in [0.4, 0.5) is 10.1 Å². The summed E-state index contributed by atoms with van der Waals surface area (Å²) in [4.78, 5) is 14.3. The summed E-state index contributed by atoms with van der Waals surface area (Å²) in [7, 11) is 4.85. The molecular weight excluding hydrogens is 303 g/mol. The predicted octanol–water partition coefficient (Wildman–Crippen LogP) is 1.44. The van der Waals surface area contributed by atoms with Crippen molar-refractivity contribution in [2.75, 3.05) is 59.0 Å². The average Bonchev–Trinajstić information content (AvgIpc) is 2.50. The molecule has 130 valence electrons. The van der Waals surface area contributed by atoms with Crippen LogP contribution < -0.4 is 4.90 Å². The van der Waals surface area contributed by atoms with Gasteiger partial charge in [-0.05, 0) is 17.7 Å². The molecule has 1 aromatic rings. The molecule has 0 saturated heterocycles. The van der Waals surface area contributed by atoms with Crippen LogP contribution in [-0.2, 0) is 20.8 Å². The fourth-order valence-electron chi connectivity index (χ4n) is 2.21. The van der Waals surface area contributed by atoms with Crippen molar-refractivity contribution < 1.29 is 23.8 Å². The number of likely N-dealkylation sites (N-methyl/N-ethyl adjacent to an activating group) is 1. The number of benzene rings is 1. The Morgan fingerprint density at radius 1 is 1.22 bits per heavy atom. The van der Waals surface area contributed by atoms with Gasteiger partial charge in [0.25, 0.3) is 0 Å². The lowest BCUT2D eigenvalue weighted by molar-refractivity contribution is -0.135. The van der Waals surface area contributed by atoms with Crippen molar-refractivity contribution in [3.8, 4) is 0 Å². The van der Waals surface area contributed by atoms with Crippen LogP contribution in [0.5, 0.6) is 0 Å². The van der Waals surface area contributed by atoms with Gasteiger partial charge in [-0.25, -0.2) is 4.39 Å². The number of halogens is 1. The third-order valence-corrected chi connectivity index (χ3v) is 3.42. The van der Waals surface area contributed by atoms with E-state index in [1.807, 2.05) is 0 Å². The topological polar surface area (TPSA) is 62.2 Å². The maximum Gasteiger partial charge on any atom is 0.323 e. The van der Waals surface area contributed by atoms with E-state index in [0.29, 0.717) is 19.8 Å². The molecule has 0 amide bonds. The van der Waals surface area contributed by atoms with Gasteiger partial charge in [0.1, 0.15) is 12.4 Å². The molecule has 0 radical (unpaired) electrons. The number of methoxy groups -OCH3 is 2. The van der Waals surface area contributed by atoms with E-state index in [0.717, 1.165) is 18.7 Å². The van der Waals surface area contributed by atoms with Gasteiger partial charge in [-0.15, -0.1) is 0 Å². The second-order valence-electron chi connectivity index (χ2n) is 5.30. The fraction of sp³-hybridized carbons (Fsp3) is 0.562. The molecule has 1 rings (SSSR count). The summed E-state index contributed by atoms with van der Waals surface area (Å²) in [6, 6.07) is 4.76. The third-order valence-electron chi connectivity index (χ3n) is 3.42. The molecule has 0 aromatic heterocycles. The summed E-state index contributed by atoms with van der Waals surface area (Å²) in [6.45, 7) is 3.01. The minimum atomic E-state index is -1.00. The van der Waals surface area contributed by atoms with E-state index < -0.39 is 11.8 Å². The molecule has 0 aliphatic rings. The number of anilines is 1. The molecule has 0 heterocycles. The standard InChI is InChI=1S/C16H25FN2O4/c1-18(12-16(20)21)15-10-13(4-5-14(15)17)11-19(6-8-22-2)7-9-23-3/h4-5,10H,6-9,11-12H2,1-3H3,(H,20,21). The van der Waals surface area contributed by atoms with Gasteiger partial charge in [0.15, 0.2) is 0 Å². The van der Waals surface area contributed by atoms with Gasteiger partial charge in [-0.3, -0.25) is 9.69 Å². The number of rotatable bonds is 11. The quantitative estimate of drug-likeness (QED) is 0.663. The highest BCUT2D eigenvalue weighted by molar-refractivity contribution is 5.73. The zero-order valence-electron chi connectivity index (χ0n) is 13.9. The number of ether oxygens (including phenoxy) is 2. The van der Waals surface area contributed by atoms with Gasteiger partial charge < -0.3 is 19.5 Å². The highest BCUT2D eigenvalue weighted by Crippen LogP contribution is 2.20.